The first kappa shape index (κ1) is 10.1. The Hall–Kier alpha value is -0.410. The predicted molar refractivity (Wildman–Crippen MR) is 56.0 cm³/mol. The van der Waals surface area contributed by atoms with Gasteiger partial charge < -0.3 is 0 Å². The van der Waals surface area contributed by atoms with Crippen LogP contribution in [0.5, 0.6) is 0 Å². The molecular weight excluding hydrogens is 176 g/mol. The molecule has 1 N–H and O–H groups in total. The van der Waals surface area contributed by atoms with E-state index < -0.39 is 0 Å². The Labute approximate surface area is 85.8 Å². The second-order valence-electron chi connectivity index (χ2n) is 4.60. The number of hydrogen-bond donors (Lipinski definition) is 1. The number of nitrogens with zero attached hydrogens (tertiary/aromatic N) is 1. The summed E-state index contributed by atoms with van der Waals surface area (Å²) in [6.45, 7) is 5.93. The molecule has 0 aliphatic carbocycles. The van der Waals surface area contributed by atoms with Crippen LogP contribution in [0.25, 0.3) is 0 Å². The topological polar surface area (TPSA) is 32.3 Å². The molecule has 0 aromatic rings. The van der Waals surface area contributed by atoms with Gasteiger partial charge in [-0.05, 0) is 25.7 Å². The maximum absolute atomic E-state index is 11.4. The van der Waals surface area contributed by atoms with E-state index in [0.717, 1.165) is 19.0 Å². The molecule has 2 heterocycles. The number of piperidine rings is 1. The lowest BCUT2D eigenvalue weighted by Crippen LogP contribution is -2.47. The van der Waals surface area contributed by atoms with Crippen molar-refractivity contribution in [2.24, 2.45) is 5.92 Å². The van der Waals surface area contributed by atoms with Crippen LogP contribution < -0.4 is 5.32 Å². The molecule has 2 aliphatic rings. The molecule has 2 rings (SSSR count). The number of nitrogens with one attached hydrogen (secondary N) is 1. The van der Waals surface area contributed by atoms with Crippen LogP contribution in [0.3, 0.4) is 0 Å². The van der Waals surface area contributed by atoms with Crippen molar-refractivity contribution in [3.05, 3.63) is 0 Å². The average Bonchev–Trinajstić information content (AvgIpc) is 2.59. The molecule has 2 aliphatic heterocycles. The molecule has 3 heteroatoms. The van der Waals surface area contributed by atoms with Crippen LogP contribution in [0.1, 0.15) is 33.1 Å². The van der Waals surface area contributed by atoms with Crippen molar-refractivity contribution in [3.63, 3.8) is 0 Å². The third kappa shape index (κ3) is 1.71. The number of carbonyl (C=O) groups excluding carboxylic acids is 1. The average molecular weight is 196 g/mol. The Bertz CT molecular complexity index is 229. The standard InChI is InChI=1S/C11H20N2O/c1-3-9-4-5-11-12-6-10(8(2)14)13(11)7-9/h9-12H,3-7H2,1-2H3. The van der Waals surface area contributed by atoms with Gasteiger partial charge in [-0.1, -0.05) is 13.3 Å². The third-order valence-electron chi connectivity index (χ3n) is 3.71. The predicted octanol–water partition coefficient (Wildman–Crippen LogP) is 0.995. The highest BCUT2D eigenvalue weighted by Crippen LogP contribution is 2.27. The molecule has 0 amide bonds. The van der Waals surface area contributed by atoms with Crippen LogP contribution in [-0.4, -0.2) is 36.0 Å². The van der Waals surface area contributed by atoms with E-state index in [4.69, 9.17) is 0 Å². The van der Waals surface area contributed by atoms with E-state index in [0.29, 0.717) is 11.9 Å². The minimum atomic E-state index is 0.148. The van der Waals surface area contributed by atoms with Crippen molar-refractivity contribution in [1.29, 1.82) is 0 Å². The largest absolute Gasteiger partial charge is 0.300 e. The molecule has 3 atom stereocenters. The quantitative estimate of drug-likeness (QED) is 0.715. The van der Waals surface area contributed by atoms with E-state index in [9.17, 15) is 4.79 Å². The zero-order valence-electron chi connectivity index (χ0n) is 9.12. The summed E-state index contributed by atoms with van der Waals surface area (Å²) < 4.78 is 0. The molecule has 0 aromatic carbocycles. The molecule has 14 heavy (non-hydrogen) atoms. The Kier molecular flexibility index (Phi) is 2.88. The minimum absolute atomic E-state index is 0.148. The third-order valence-corrected chi connectivity index (χ3v) is 3.71. The maximum atomic E-state index is 11.4. The van der Waals surface area contributed by atoms with Crippen molar-refractivity contribution >= 4 is 5.78 Å². The first-order valence-corrected chi connectivity index (χ1v) is 5.72. The van der Waals surface area contributed by atoms with Gasteiger partial charge in [0.25, 0.3) is 0 Å². The number of fused-ring (bicyclic) bond motifs is 1. The molecule has 2 fully saturated rings. The minimum Gasteiger partial charge on any atom is -0.300 e. The fourth-order valence-corrected chi connectivity index (χ4v) is 2.72. The Morgan fingerprint density at radius 2 is 2.29 bits per heavy atom. The van der Waals surface area contributed by atoms with Crippen molar-refractivity contribution in [2.45, 2.75) is 45.3 Å². The summed E-state index contributed by atoms with van der Waals surface area (Å²) >= 11 is 0. The van der Waals surface area contributed by atoms with Gasteiger partial charge in [-0.25, -0.2) is 0 Å². The van der Waals surface area contributed by atoms with Gasteiger partial charge >= 0.3 is 0 Å². The summed E-state index contributed by atoms with van der Waals surface area (Å²) in [5.74, 6) is 1.12. The highest BCUT2D eigenvalue weighted by atomic mass is 16.1. The highest BCUT2D eigenvalue weighted by Gasteiger charge is 2.39. The molecule has 0 radical (unpaired) electrons. The molecule has 0 saturated carbocycles. The number of hydrogen-bond acceptors (Lipinski definition) is 3. The number of carbonyl (C=O) groups is 1. The van der Waals surface area contributed by atoms with Crippen molar-refractivity contribution in [1.82, 2.24) is 10.2 Å². The Morgan fingerprint density at radius 1 is 1.50 bits per heavy atom. The molecule has 3 nitrogen and oxygen atoms in total. The van der Waals surface area contributed by atoms with Crippen molar-refractivity contribution in [3.8, 4) is 0 Å². The highest BCUT2D eigenvalue weighted by molar-refractivity contribution is 5.82. The van der Waals surface area contributed by atoms with E-state index in [-0.39, 0.29) is 6.04 Å². The summed E-state index contributed by atoms with van der Waals surface area (Å²) in [4.78, 5) is 13.8. The van der Waals surface area contributed by atoms with Crippen LogP contribution in [-0.2, 0) is 4.79 Å². The molecular formula is C11H20N2O. The smallest absolute Gasteiger partial charge is 0.148 e. The van der Waals surface area contributed by atoms with E-state index in [2.05, 4.69) is 17.1 Å². The summed E-state index contributed by atoms with van der Waals surface area (Å²) in [6, 6.07) is 0.148. The van der Waals surface area contributed by atoms with E-state index in [1.807, 2.05) is 0 Å². The first-order chi connectivity index (χ1) is 6.72. The van der Waals surface area contributed by atoms with Crippen molar-refractivity contribution < 1.29 is 4.79 Å². The van der Waals surface area contributed by atoms with Gasteiger partial charge in [-0.3, -0.25) is 15.0 Å². The van der Waals surface area contributed by atoms with Crippen molar-refractivity contribution in [2.75, 3.05) is 13.1 Å². The fraction of sp³-hybridized carbons (Fsp3) is 0.909. The molecule has 0 spiro atoms. The molecule has 2 saturated heterocycles. The lowest BCUT2D eigenvalue weighted by molar-refractivity contribution is -0.121. The van der Waals surface area contributed by atoms with Gasteiger partial charge in [0, 0.05) is 13.1 Å². The molecule has 3 unspecified atom stereocenters. The van der Waals surface area contributed by atoms with E-state index in [1.165, 1.54) is 19.3 Å². The van der Waals surface area contributed by atoms with Crippen LogP contribution in [0.4, 0.5) is 0 Å². The van der Waals surface area contributed by atoms with Gasteiger partial charge in [0.2, 0.25) is 0 Å². The zero-order chi connectivity index (χ0) is 10.1. The summed E-state index contributed by atoms with van der Waals surface area (Å²) in [7, 11) is 0. The Balaban J connectivity index is 2.03. The summed E-state index contributed by atoms with van der Waals surface area (Å²) in [5.41, 5.74) is 0. The normalized spacial score (nSPS) is 38.3. The molecule has 0 bridgehead atoms. The summed E-state index contributed by atoms with van der Waals surface area (Å²) in [6.07, 6.45) is 4.25. The van der Waals surface area contributed by atoms with Crippen LogP contribution in [0, 0.1) is 5.92 Å². The fourth-order valence-electron chi connectivity index (χ4n) is 2.72. The van der Waals surface area contributed by atoms with Crippen LogP contribution in [0.15, 0.2) is 0 Å². The lowest BCUT2D eigenvalue weighted by Gasteiger charge is -2.36. The van der Waals surface area contributed by atoms with Gasteiger partial charge in [0.15, 0.2) is 0 Å². The van der Waals surface area contributed by atoms with Gasteiger partial charge in [-0.2, -0.15) is 0 Å². The molecule has 0 aromatic heterocycles. The lowest BCUT2D eigenvalue weighted by atomic mass is 9.93. The monoisotopic (exact) mass is 196 g/mol. The van der Waals surface area contributed by atoms with Crippen LogP contribution >= 0.6 is 0 Å². The number of Topliss-reactive ketones (excluding diaryl/α,β-unsaturated/α-hetero) is 1. The summed E-state index contributed by atoms with van der Waals surface area (Å²) in [5, 5.41) is 3.44. The zero-order valence-corrected chi connectivity index (χ0v) is 9.12. The van der Waals surface area contributed by atoms with Gasteiger partial charge in [0.1, 0.15) is 5.78 Å². The SMILES string of the molecule is CCC1CCC2NCC(C(C)=O)N2C1. The second-order valence-corrected chi connectivity index (χ2v) is 4.60. The number of ketones is 1. The number of rotatable bonds is 2. The molecule has 80 valence electrons. The maximum Gasteiger partial charge on any atom is 0.148 e. The van der Waals surface area contributed by atoms with Crippen LogP contribution in [0.2, 0.25) is 0 Å². The van der Waals surface area contributed by atoms with E-state index >= 15 is 0 Å². The van der Waals surface area contributed by atoms with Gasteiger partial charge in [-0.15, -0.1) is 0 Å². The van der Waals surface area contributed by atoms with Gasteiger partial charge in [0.05, 0.1) is 12.2 Å². The second kappa shape index (κ2) is 3.99. The van der Waals surface area contributed by atoms with E-state index in [1.54, 1.807) is 6.92 Å². The Morgan fingerprint density at radius 3 is 2.93 bits per heavy atom. The first-order valence-electron chi connectivity index (χ1n) is 5.72.